The molecule has 0 saturated heterocycles. The largest absolute Gasteiger partial charge is 0.503 e. The Bertz CT molecular complexity index is 1130. The van der Waals surface area contributed by atoms with Crippen LogP contribution in [0.2, 0.25) is 0 Å². The van der Waals surface area contributed by atoms with E-state index < -0.39 is 17.1 Å². The van der Waals surface area contributed by atoms with Crippen LogP contribution in [0.5, 0.6) is 5.75 Å². The third kappa shape index (κ3) is 4.21. The van der Waals surface area contributed by atoms with Gasteiger partial charge in [0.05, 0.1) is 11.9 Å². The minimum Gasteiger partial charge on any atom is -0.503 e. The van der Waals surface area contributed by atoms with Gasteiger partial charge in [-0.2, -0.15) is 5.10 Å². The van der Waals surface area contributed by atoms with Crippen LogP contribution in [0.25, 0.3) is 6.08 Å². The molecule has 2 N–H and O–H groups in total. The standard InChI is InChI=1S/C26H32N4O3/c31-21-16-30-17-26(12-4-5-13-26)20-10-7-9-19-18(11-15-27-22(19)20)8-3-1-2-6-14-28-25(33)23(29-30)24(21)32/h7,9,11,15-16,20,31H,1-6,8,10,12-14,17H2,(H,28,33). The van der Waals surface area contributed by atoms with Crippen LogP contribution in [0, 0.1) is 5.41 Å². The third-order valence-corrected chi connectivity index (χ3v) is 7.73. The SMILES string of the molecule is O=C1NCCCCCCc2ccnc3c2C=CCC3C2(CCCC2)Cn2cc(O)c(=O)c1n2. The Morgan fingerprint density at radius 3 is 2.76 bits per heavy atom. The van der Waals surface area contributed by atoms with Gasteiger partial charge in [0.2, 0.25) is 0 Å². The first-order valence-corrected chi connectivity index (χ1v) is 12.3. The molecule has 1 spiro atoms. The number of pyridine rings is 1. The van der Waals surface area contributed by atoms with Crippen LogP contribution in [0.3, 0.4) is 0 Å². The Hall–Kier alpha value is -2.96. The second-order valence-electron chi connectivity index (χ2n) is 9.84. The van der Waals surface area contributed by atoms with Crippen LogP contribution >= 0.6 is 0 Å². The maximum Gasteiger partial charge on any atom is 0.275 e. The van der Waals surface area contributed by atoms with Crippen molar-refractivity contribution in [3.8, 4) is 5.75 Å². The molecular formula is C26H32N4O3. The highest BCUT2D eigenvalue weighted by Gasteiger charge is 2.44. The van der Waals surface area contributed by atoms with Crippen molar-refractivity contribution in [2.24, 2.45) is 5.41 Å². The number of hydrogen-bond donors (Lipinski definition) is 2. The molecule has 0 radical (unpaired) electrons. The van der Waals surface area contributed by atoms with E-state index in [2.05, 4.69) is 28.6 Å². The molecule has 1 unspecified atom stereocenters. The molecule has 1 amide bonds. The molecule has 7 heteroatoms. The predicted molar refractivity (Wildman–Crippen MR) is 126 cm³/mol. The fourth-order valence-electron chi connectivity index (χ4n) is 6.04. The first kappa shape index (κ1) is 21.9. The number of fused-ring (bicyclic) bond motifs is 3. The van der Waals surface area contributed by atoms with Crippen LogP contribution in [-0.2, 0) is 13.0 Å². The normalized spacial score (nSPS) is 22.7. The molecule has 3 aliphatic rings. The molecule has 1 saturated carbocycles. The lowest BCUT2D eigenvalue weighted by Gasteiger charge is -2.39. The lowest BCUT2D eigenvalue weighted by Crippen LogP contribution is -2.36. The monoisotopic (exact) mass is 448 g/mol. The zero-order valence-electron chi connectivity index (χ0n) is 19.1. The third-order valence-electron chi connectivity index (χ3n) is 7.73. The number of allylic oxidation sites excluding steroid dienone is 1. The van der Waals surface area contributed by atoms with Gasteiger partial charge < -0.3 is 10.4 Å². The summed E-state index contributed by atoms with van der Waals surface area (Å²) >= 11 is 0. The number of amides is 1. The summed E-state index contributed by atoms with van der Waals surface area (Å²) in [4.78, 5) is 30.1. The Kier molecular flexibility index (Phi) is 6.04. The van der Waals surface area contributed by atoms with Crippen molar-refractivity contribution in [2.45, 2.75) is 76.7 Å². The molecule has 1 aliphatic heterocycles. The van der Waals surface area contributed by atoms with E-state index in [0.717, 1.165) is 64.2 Å². The Balaban J connectivity index is 1.60. The summed E-state index contributed by atoms with van der Waals surface area (Å²) in [5.74, 6) is -0.688. The van der Waals surface area contributed by atoms with Gasteiger partial charge in [0.1, 0.15) is 0 Å². The first-order valence-electron chi connectivity index (χ1n) is 12.3. The number of carbonyl (C=O) groups is 1. The minimum absolute atomic E-state index is 0.0820. The van der Waals surface area contributed by atoms with Gasteiger partial charge in [-0.25, -0.2) is 0 Å². The summed E-state index contributed by atoms with van der Waals surface area (Å²) in [5.41, 5.74) is 2.80. The van der Waals surface area contributed by atoms with E-state index in [1.165, 1.54) is 23.0 Å². The minimum atomic E-state index is -0.709. The number of nitrogens with one attached hydrogen (secondary N) is 1. The van der Waals surface area contributed by atoms with E-state index in [-0.39, 0.29) is 17.0 Å². The van der Waals surface area contributed by atoms with E-state index in [1.54, 1.807) is 4.68 Å². The molecule has 5 rings (SSSR count). The molecule has 2 aliphatic carbocycles. The molecule has 2 aromatic heterocycles. The summed E-state index contributed by atoms with van der Waals surface area (Å²) in [7, 11) is 0. The van der Waals surface area contributed by atoms with Crippen molar-refractivity contribution in [3.63, 3.8) is 0 Å². The first-order chi connectivity index (χ1) is 16.1. The summed E-state index contributed by atoms with van der Waals surface area (Å²) in [6.45, 7) is 1.04. The summed E-state index contributed by atoms with van der Waals surface area (Å²) < 4.78 is 1.62. The van der Waals surface area contributed by atoms with Gasteiger partial charge in [-0.15, -0.1) is 0 Å². The zero-order chi connectivity index (χ0) is 22.8. The van der Waals surface area contributed by atoms with Crippen molar-refractivity contribution in [1.82, 2.24) is 20.1 Å². The zero-order valence-corrected chi connectivity index (χ0v) is 19.1. The van der Waals surface area contributed by atoms with Gasteiger partial charge >= 0.3 is 0 Å². The Morgan fingerprint density at radius 2 is 1.91 bits per heavy atom. The number of rotatable bonds is 0. The highest BCUT2D eigenvalue weighted by Crippen LogP contribution is 2.53. The van der Waals surface area contributed by atoms with Crippen molar-refractivity contribution >= 4 is 12.0 Å². The number of aromatic nitrogens is 3. The molecule has 0 aromatic carbocycles. The van der Waals surface area contributed by atoms with Gasteiger partial charge in [-0.3, -0.25) is 19.3 Å². The average Bonchev–Trinajstić information content (AvgIpc) is 3.29. The highest BCUT2D eigenvalue weighted by molar-refractivity contribution is 5.92. The van der Waals surface area contributed by atoms with Crippen molar-refractivity contribution < 1.29 is 9.90 Å². The molecule has 6 bridgehead atoms. The van der Waals surface area contributed by atoms with Crippen LogP contribution < -0.4 is 10.7 Å². The van der Waals surface area contributed by atoms with Crippen LogP contribution in [-0.4, -0.2) is 32.3 Å². The summed E-state index contributed by atoms with van der Waals surface area (Å²) in [5, 5.41) is 17.6. The van der Waals surface area contributed by atoms with E-state index >= 15 is 0 Å². The molecule has 1 fully saturated rings. The lowest BCUT2D eigenvalue weighted by molar-refractivity contribution is 0.0940. The number of hydrogen-bond acceptors (Lipinski definition) is 5. The number of aromatic hydroxyl groups is 1. The molecule has 7 nitrogen and oxygen atoms in total. The molecule has 1 atom stereocenters. The molecule has 33 heavy (non-hydrogen) atoms. The van der Waals surface area contributed by atoms with E-state index in [0.29, 0.717) is 13.1 Å². The summed E-state index contributed by atoms with van der Waals surface area (Å²) in [6, 6.07) is 2.16. The second kappa shape index (κ2) is 9.12. The highest BCUT2D eigenvalue weighted by atomic mass is 16.3. The van der Waals surface area contributed by atoms with Gasteiger partial charge in [0.15, 0.2) is 11.4 Å². The maximum atomic E-state index is 12.7. The predicted octanol–water partition coefficient (Wildman–Crippen LogP) is 3.95. The Morgan fingerprint density at radius 1 is 1.09 bits per heavy atom. The fraction of sp³-hybridized carbons (Fsp3) is 0.538. The van der Waals surface area contributed by atoms with E-state index in [9.17, 15) is 14.7 Å². The van der Waals surface area contributed by atoms with Gasteiger partial charge in [-0.05, 0) is 61.1 Å². The Labute approximate surface area is 193 Å². The lowest BCUT2D eigenvalue weighted by atomic mass is 9.68. The number of nitrogens with zero attached hydrogens (tertiary/aromatic N) is 3. The molecule has 174 valence electrons. The van der Waals surface area contributed by atoms with Crippen molar-refractivity contribution in [1.29, 1.82) is 0 Å². The van der Waals surface area contributed by atoms with Crippen LogP contribution in [0.4, 0.5) is 0 Å². The van der Waals surface area contributed by atoms with Crippen LogP contribution in [0.15, 0.2) is 29.3 Å². The second-order valence-corrected chi connectivity index (χ2v) is 9.84. The smallest absolute Gasteiger partial charge is 0.275 e. The fourth-order valence-corrected chi connectivity index (χ4v) is 6.04. The van der Waals surface area contributed by atoms with Gasteiger partial charge in [0.25, 0.3) is 11.3 Å². The van der Waals surface area contributed by atoms with E-state index in [1.807, 2.05) is 6.20 Å². The topological polar surface area (TPSA) is 97.1 Å². The molecule has 2 aromatic rings. The van der Waals surface area contributed by atoms with E-state index in [4.69, 9.17) is 4.98 Å². The van der Waals surface area contributed by atoms with Gasteiger partial charge in [0, 0.05) is 25.2 Å². The summed E-state index contributed by atoms with van der Waals surface area (Å²) in [6.07, 6.45) is 18.2. The van der Waals surface area contributed by atoms with Gasteiger partial charge in [-0.1, -0.05) is 37.8 Å². The molecule has 3 heterocycles. The number of aryl methyl sites for hydroxylation is 1. The van der Waals surface area contributed by atoms with Crippen molar-refractivity contribution in [3.05, 3.63) is 57.3 Å². The van der Waals surface area contributed by atoms with Crippen molar-refractivity contribution in [2.75, 3.05) is 6.54 Å². The van der Waals surface area contributed by atoms with Crippen LogP contribution in [0.1, 0.15) is 91.0 Å². The maximum absolute atomic E-state index is 12.7. The number of carbonyl (C=O) groups excluding carboxylic acids is 1. The quantitative estimate of drug-likeness (QED) is 0.636. The average molecular weight is 449 g/mol. The molecular weight excluding hydrogens is 416 g/mol.